The molecule has 0 spiro atoms. The Morgan fingerprint density at radius 2 is 1.44 bits per heavy atom. The number of nitrogens with one attached hydrogen (secondary N) is 3. The van der Waals surface area contributed by atoms with Gasteiger partial charge in [-0.2, -0.15) is 0 Å². The van der Waals surface area contributed by atoms with Gasteiger partial charge >= 0.3 is 11.9 Å². The number of hydrogen-bond acceptors (Lipinski definition) is 12. The quantitative estimate of drug-likeness (QED) is 0.0631. The Morgan fingerprint density at radius 1 is 0.762 bits per heavy atom. The van der Waals surface area contributed by atoms with Crippen LogP contribution in [0.1, 0.15) is 102 Å². The molecule has 1 amide bonds. The summed E-state index contributed by atoms with van der Waals surface area (Å²) >= 11 is 0. The number of fused-ring (bicyclic) bond motifs is 2. The Bertz CT molecular complexity index is 2410. The normalized spacial score (nSPS) is 19.6. The summed E-state index contributed by atoms with van der Waals surface area (Å²) < 4.78 is 12.1. The number of carboxylic acids is 1. The third-order valence-electron chi connectivity index (χ3n) is 12.8. The molecule has 5 aromatic rings. The minimum Gasteiger partial charge on any atom is -0.480 e. The van der Waals surface area contributed by atoms with Crippen LogP contribution in [-0.2, 0) is 46.5 Å². The maximum absolute atomic E-state index is 14.2. The minimum absolute atomic E-state index is 0.00658. The van der Waals surface area contributed by atoms with Crippen LogP contribution in [0.5, 0.6) is 5.75 Å². The fourth-order valence-electron chi connectivity index (χ4n) is 9.55. The first-order valence-electron chi connectivity index (χ1n) is 22.6. The van der Waals surface area contributed by atoms with Gasteiger partial charge in [0.2, 0.25) is 5.91 Å². The molecule has 14 heteroatoms. The SMILES string of the molecule is O=C(CCCc1ccc2c(n1)NCCC2)N[C@@H]1CCN([C@@H](C(=O)O)c2cccc(OC(=O)[C@H](c3ccccc3)N3CCC(c4nc(CCc5ccc6c(n5)NCCC6)co4)C3)c2)C1. The van der Waals surface area contributed by atoms with Gasteiger partial charge in [0.15, 0.2) is 5.89 Å². The number of pyridine rings is 2. The zero-order valence-electron chi connectivity index (χ0n) is 35.6. The molecule has 1 unspecified atom stereocenters. The molecule has 9 rings (SSSR count). The maximum atomic E-state index is 14.2. The van der Waals surface area contributed by atoms with E-state index in [0.29, 0.717) is 63.3 Å². The van der Waals surface area contributed by atoms with Gasteiger partial charge in [-0.3, -0.25) is 19.4 Å². The van der Waals surface area contributed by atoms with E-state index in [-0.39, 0.29) is 23.6 Å². The van der Waals surface area contributed by atoms with Crippen molar-refractivity contribution in [1.29, 1.82) is 0 Å². The maximum Gasteiger partial charge on any atom is 0.333 e. The summed E-state index contributed by atoms with van der Waals surface area (Å²) in [5.41, 5.74) is 6.70. The molecule has 3 aromatic heterocycles. The van der Waals surface area contributed by atoms with Crippen molar-refractivity contribution in [3.63, 3.8) is 0 Å². The Morgan fingerprint density at radius 3 is 2.19 bits per heavy atom. The van der Waals surface area contributed by atoms with E-state index in [2.05, 4.69) is 45.1 Å². The first-order valence-corrected chi connectivity index (χ1v) is 22.6. The Labute approximate surface area is 367 Å². The van der Waals surface area contributed by atoms with Gasteiger partial charge in [-0.25, -0.2) is 19.7 Å². The van der Waals surface area contributed by atoms with Gasteiger partial charge in [-0.1, -0.05) is 54.6 Å². The highest BCUT2D eigenvalue weighted by Crippen LogP contribution is 2.35. The molecule has 7 heterocycles. The van der Waals surface area contributed by atoms with E-state index >= 15 is 0 Å². The van der Waals surface area contributed by atoms with Crippen LogP contribution < -0.4 is 20.7 Å². The number of amides is 1. The molecule has 0 saturated carbocycles. The Balaban J connectivity index is 0.796. The molecule has 2 fully saturated rings. The number of rotatable bonds is 16. The lowest BCUT2D eigenvalue weighted by atomic mass is 10.0. The topological polar surface area (TPSA) is 175 Å². The molecular formula is C49H56N8O6. The molecule has 0 radical (unpaired) electrons. The lowest BCUT2D eigenvalue weighted by molar-refractivity contribution is -0.143. The number of hydrogen-bond donors (Lipinski definition) is 4. The van der Waals surface area contributed by atoms with Gasteiger partial charge in [0, 0.05) is 69.0 Å². The van der Waals surface area contributed by atoms with Crippen LogP contribution >= 0.6 is 0 Å². The van der Waals surface area contributed by atoms with E-state index in [4.69, 9.17) is 24.1 Å². The molecule has 2 saturated heterocycles. The van der Waals surface area contributed by atoms with Gasteiger partial charge in [-0.05, 0) is 111 Å². The molecule has 0 bridgehead atoms. The molecular weight excluding hydrogens is 797 g/mol. The largest absolute Gasteiger partial charge is 0.480 e. The van der Waals surface area contributed by atoms with Crippen LogP contribution in [0.15, 0.2) is 89.5 Å². The van der Waals surface area contributed by atoms with Crippen molar-refractivity contribution in [3.8, 4) is 5.75 Å². The summed E-state index contributed by atoms with van der Waals surface area (Å²) in [5.74, 6) is 1.39. The first kappa shape index (κ1) is 42.2. The van der Waals surface area contributed by atoms with Crippen LogP contribution in [0, 0.1) is 0 Å². The number of nitrogens with zero attached hydrogens (tertiary/aromatic N) is 5. The van der Waals surface area contributed by atoms with Crippen molar-refractivity contribution >= 4 is 29.5 Å². The van der Waals surface area contributed by atoms with Gasteiger partial charge < -0.3 is 30.2 Å². The predicted molar refractivity (Wildman–Crippen MR) is 238 cm³/mol. The van der Waals surface area contributed by atoms with Crippen LogP contribution in [0.25, 0.3) is 0 Å². The van der Waals surface area contributed by atoms with E-state index < -0.39 is 24.0 Å². The highest BCUT2D eigenvalue weighted by Gasteiger charge is 2.38. The van der Waals surface area contributed by atoms with E-state index in [1.165, 1.54) is 11.1 Å². The molecule has 63 heavy (non-hydrogen) atoms. The summed E-state index contributed by atoms with van der Waals surface area (Å²) in [6, 6.07) is 23.0. The van der Waals surface area contributed by atoms with E-state index in [1.54, 1.807) is 30.5 Å². The molecule has 4 aliphatic heterocycles. The van der Waals surface area contributed by atoms with Gasteiger partial charge in [0.25, 0.3) is 0 Å². The van der Waals surface area contributed by atoms with Crippen molar-refractivity contribution in [1.82, 2.24) is 30.1 Å². The van der Waals surface area contributed by atoms with Crippen molar-refractivity contribution in [2.45, 2.75) is 94.7 Å². The molecule has 0 aliphatic carbocycles. The van der Waals surface area contributed by atoms with Gasteiger partial charge in [-0.15, -0.1) is 0 Å². The number of aryl methyl sites for hydroxylation is 5. The number of benzene rings is 2. The molecule has 328 valence electrons. The van der Waals surface area contributed by atoms with Crippen LogP contribution in [0.4, 0.5) is 11.6 Å². The molecule has 4 atom stereocenters. The lowest BCUT2D eigenvalue weighted by Crippen LogP contribution is -2.39. The summed E-state index contributed by atoms with van der Waals surface area (Å²) in [6.07, 6.45) is 10.7. The van der Waals surface area contributed by atoms with Crippen molar-refractivity contribution in [2.75, 3.05) is 49.9 Å². The predicted octanol–water partition coefficient (Wildman–Crippen LogP) is 6.44. The zero-order valence-corrected chi connectivity index (χ0v) is 35.6. The third-order valence-corrected chi connectivity index (χ3v) is 12.8. The average Bonchev–Trinajstić information content (AvgIpc) is 4.09. The van der Waals surface area contributed by atoms with Gasteiger partial charge in [0.1, 0.15) is 35.7 Å². The molecule has 4 N–H and O–H groups in total. The van der Waals surface area contributed by atoms with Crippen molar-refractivity contribution in [3.05, 3.63) is 130 Å². The van der Waals surface area contributed by atoms with E-state index in [1.807, 2.05) is 35.2 Å². The zero-order chi connectivity index (χ0) is 43.1. The fourth-order valence-corrected chi connectivity index (χ4v) is 9.55. The second kappa shape index (κ2) is 19.5. The number of carbonyl (C=O) groups is 3. The van der Waals surface area contributed by atoms with Crippen LogP contribution in [0.2, 0.25) is 0 Å². The Hall–Kier alpha value is -6.12. The number of aromatic nitrogens is 3. The summed E-state index contributed by atoms with van der Waals surface area (Å²) in [4.78, 5) is 58.4. The van der Waals surface area contributed by atoms with E-state index in [9.17, 15) is 19.5 Å². The van der Waals surface area contributed by atoms with Crippen molar-refractivity contribution in [2.24, 2.45) is 0 Å². The monoisotopic (exact) mass is 852 g/mol. The number of anilines is 2. The number of carbonyl (C=O) groups excluding carboxylic acids is 2. The fraction of sp³-hybridized carbons (Fsp3) is 0.429. The number of carboxylic acid groups (broad SMARTS) is 1. The average molecular weight is 853 g/mol. The number of likely N-dealkylation sites (tertiary alicyclic amines) is 2. The smallest absolute Gasteiger partial charge is 0.333 e. The van der Waals surface area contributed by atoms with Crippen molar-refractivity contribution < 1.29 is 28.6 Å². The Kier molecular flexibility index (Phi) is 13.1. The standard InChI is InChI=1S/C49H56N8O6/c58-42(15-5-13-37-18-16-33-11-6-24-50-45(33)53-37)52-39-23-27-57(30-39)43(48(59)60)35-10-4-14-41(28-35)63-49(61)44(32-8-2-1-3-9-32)56-26-22-36(29-56)47-55-40(31-62-47)21-20-38-19-17-34-12-7-25-51-46(34)54-38/h1-4,8-10,14,16-19,28,31,36,39,43-44H,5-7,11-13,15,20-27,29-30H2,(H,50,53)(H,51,54)(H,52,58)(H,59,60)/t36?,39-,43-,44+/m1/s1. The summed E-state index contributed by atoms with van der Waals surface area (Å²) in [6.45, 7) is 3.98. The third kappa shape index (κ3) is 10.2. The minimum atomic E-state index is -1.01. The molecule has 4 aliphatic rings. The summed E-state index contributed by atoms with van der Waals surface area (Å²) in [5, 5.41) is 20.4. The second-order valence-corrected chi connectivity index (χ2v) is 17.3. The van der Waals surface area contributed by atoms with Crippen LogP contribution in [0.3, 0.4) is 0 Å². The number of oxazole rings is 1. The lowest BCUT2D eigenvalue weighted by Gasteiger charge is -2.27. The number of esters is 1. The first-order chi connectivity index (χ1) is 30.8. The highest BCUT2D eigenvalue weighted by atomic mass is 16.5. The summed E-state index contributed by atoms with van der Waals surface area (Å²) in [7, 11) is 0. The van der Waals surface area contributed by atoms with Crippen LogP contribution in [-0.4, -0.2) is 93.0 Å². The number of ether oxygens (including phenoxy) is 1. The molecule has 2 aromatic carbocycles. The second-order valence-electron chi connectivity index (χ2n) is 17.3. The van der Waals surface area contributed by atoms with E-state index in [0.717, 1.165) is 92.3 Å². The molecule has 14 nitrogen and oxygen atoms in total. The van der Waals surface area contributed by atoms with Gasteiger partial charge in [0.05, 0.1) is 5.69 Å². The highest BCUT2D eigenvalue weighted by molar-refractivity contribution is 5.81. The number of aliphatic carboxylic acids is 1.